The topological polar surface area (TPSA) is 101 Å². The molecule has 0 atom stereocenters. The van der Waals surface area contributed by atoms with Gasteiger partial charge in [0.25, 0.3) is 0 Å². The van der Waals surface area contributed by atoms with Gasteiger partial charge in [0.1, 0.15) is 5.69 Å². The summed E-state index contributed by atoms with van der Waals surface area (Å²) in [5.41, 5.74) is 0.268. The van der Waals surface area contributed by atoms with Gasteiger partial charge in [0.05, 0.1) is 21.2 Å². The van der Waals surface area contributed by atoms with Crippen molar-refractivity contribution >= 4 is 17.3 Å². The Labute approximate surface area is 126 Å². The molecule has 0 bridgehead atoms. The van der Waals surface area contributed by atoms with E-state index in [-0.39, 0.29) is 5.69 Å². The van der Waals surface area contributed by atoms with Gasteiger partial charge in [-0.2, -0.15) is 0 Å². The lowest BCUT2D eigenvalue weighted by Gasteiger charge is -2.17. The summed E-state index contributed by atoms with van der Waals surface area (Å²) < 4.78 is 1.53. The van der Waals surface area contributed by atoms with Crippen molar-refractivity contribution in [3.05, 3.63) is 16.4 Å². The Morgan fingerprint density at radius 3 is 2.52 bits per heavy atom. The number of aryl methyl sites for hydroxylation is 3. The maximum Gasteiger partial charge on any atom is 0.358 e. The SMILES string of the molecule is Cc1nc(C)c(-c2c(C(=O)O)nnn2CCC(C)(C)O)s1. The molecule has 0 spiro atoms. The van der Waals surface area contributed by atoms with Gasteiger partial charge in [-0.05, 0) is 34.1 Å². The first-order valence-corrected chi connectivity index (χ1v) is 7.34. The summed E-state index contributed by atoms with van der Waals surface area (Å²) >= 11 is 1.41. The molecule has 0 saturated heterocycles. The van der Waals surface area contributed by atoms with Gasteiger partial charge >= 0.3 is 5.97 Å². The number of thiazole rings is 1. The van der Waals surface area contributed by atoms with E-state index in [1.54, 1.807) is 13.8 Å². The maximum atomic E-state index is 11.3. The van der Waals surface area contributed by atoms with Crippen LogP contribution in [-0.2, 0) is 6.54 Å². The fourth-order valence-electron chi connectivity index (χ4n) is 1.97. The molecule has 0 aliphatic carbocycles. The van der Waals surface area contributed by atoms with Crippen molar-refractivity contribution in [2.45, 2.75) is 46.3 Å². The number of nitrogens with zero attached hydrogens (tertiary/aromatic N) is 4. The minimum absolute atomic E-state index is 0.0857. The number of aromatic nitrogens is 4. The Kier molecular flexibility index (Phi) is 4.11. The summed E-state index contributed by atoms with van der Waals surface area (Å²) in [5, 5.41) is 27.6. The third kappa shape index (κ3) is 3.45. The molecule has 2 rings (SSSR count). The first kappa shape index (κ1) is 15.6. The van der Waals surface area contributed by atoms with E-state index < -0.39 is 11.6 Å². The highest BCUT2D eigenvalue weighted by Crippen LogP contribution is 2.32. The first-order valence-electron chi connectivity index (χ1n) is 6.52. The van der Waals surface area contributed by atoms with Crippen molar-refractivity contribution in [3.8, 4) is 10.6 Å². The van der Waals surface area contributed by atoms with Crippen LogP contribution in [0.2, 0.25) is 0 Å². The molecule has 2 aromatic heterocycles. The standard InChI is InChI=1S/C13H18N4O3S/c1-7-11(21-8(2)14-7)10-9(12(18)19)15-16-17(10)6-5-13(3,4)20/h20H,5-6H2,1-4H3,(H,18,19). The van der Waals surface area contributed by atoms with Crippen molar-refractivity contribution in [2.75, 3.05) is 0 Å². The normalized spacial score (nSPS) is 11.9. The van der Waals surface area contributed by atoms with Crippen LogP contribution in [0.15, 0.2) is 0 Å². The number of carboxylic acids is 1. The summed E-state index contributed by atoms with van der Waals surface area (Å²) in [4.78, 5) is 16.4. The predicted octanol–water partition coefficient (Wildman–Crippen LogP) is 1.88. The Morgan fingerprint density at radius 1 is 1.38 bits per heavy atom. The molecule has 2 heterocycles. The van der Waals surface area contributed by atoms with Crippen molar-refractivity contribution in [1.82, 2.24) is 20.0 Å². The van der Waals surface area contributed by atoms with E-state index in [0.29, 0.717) is 18.7 Å². The fourth-order valence-corrected chi connectivity index (χ4v) is 2.94. The Morgan fingerprint density at radius 2 is 2.05 bits per heavy atom. The molecule has 2 aromatic rings. The number of hydrogen-bond donors (Lipinski definition) is 2. The molecule has 0 saturated carbocycles. The molecular formula is C13H18N4O3S. The smallest absolute Gasteiger partial charge is 0.358 e. The molecule has 0 unspecified atom stereocenters. The molecule has 0 aliphatic heterocycles. The van der Waals surface area contributed by atoms with Gasteiger partial charge in [-0.1, -0.05) is 5.21 Å². The summed E-state index contributed by atoms with van der Waals surface area (Å²) in [6.45, 7) is 7.48. The van der Waals surface area contributed by atoms with E-state index in [0.717, 1.165) is 15.6 Å². The minimum Gasteiger partial charge on any atom is -0.476 e. The van der Waals surface area contributed by atoms with Crippen molar-refractivity contribution in [2.24, 2.45) is 0 Å². The van der Waals surface area contributed by atoms with E-state index >= 15 is 0 Å². The van der Waals surface area contributed by atoms with E-state index in [9.17, 15) is 15.0 Å². The molecule has 21 heavy (non-hydrogen) atoms. The predicted molar refractivity (Wildman–Crippen MR) is 78.5 cm³/mol. The lowest BCUT2D eigenvalue weighted by atomic mass is 10.1. The van der Waals surface area contributed by atoms with Crippen molar-refractivity contribution < 1.29 is 15.0 Å². The van der Waals surface area contributed by atoms with Gasteiger partial charge in [0, 0.05) is 6.54 Å². The summed E-state index contributed by atoms with van der Waals surface area (Å²) in [5.74, 6) is -1.12. The van der Waals surface area contributed by atoms with Crippen LogP contribution in [0.5, 0.6) is 0 Å². The molecule has 0 radical (unpaired) electrons. The van der Waals surface area contributed by atoms with Crippen molar-refractivity contribution in [1.29, 1.82) is 0 Å². The van der Waals surface area contributed by atoms with Gasteiger partial charge in [-0.25, -0.2) is 14.5 Å². The number of aliphatic hydroxyl groups is 1. The Balaban J connectivity index is 2.48. The maximum absolute atomic E-state index is 11.3. The van der Waals surface area contributed by atoms with Crippen LogP contribution < -0.4 is 0 Å². The number of rotatable bonds is 5. The fraction of sp³-hybridized carbons (Fsp3) is 0.538. The number of hydrogen-bond acceptors (Lipinski definition) is 6. The monoisotopic (exact) mass is 310 g/mol. The van der Waals surface area contributed by atoms with Crippen LogP contribution in [0.3, 0.4) is 0 Å². The van der Waals surface area contributed by atoms with Gasteiger partial charge in [-0.3, -0.25) is 0 Å². The summed E-state index contributed by atoms with van der Waals surface area (Å²) in [7, 11) is 0. The minimum atomic E-state index is -1.12. The quantitative estimate of drug-likeness (QED) is 0.874. The molecular weight excluding hydrogens is 292 g/mol. The van der Waals surface area contributed by atoms with Crippen LogP contribution in [0, 0.1) is 13.8 Å². The van der Waals surface area contributed by atoms with E-state index in [1.165, 1.54) is 16.0 Å². The highest BCUT2D eigenvalue weighted by atomic mass is 32.1. The number of aromatic carboxylic acids is 1. The molecule has 2 N–H and O–H groups in total. The van der Waals surface area contributed by atoms with Gasteiger partial charge < -0.3 is 10.2 Å². The summed E-state index contributed by atoms with van der Waals surface area (Å²) in [6.07, 6.45) is 0.444. The molecule has 0 aliphatic rings. The van der Waals surface area contributed by atoms with Gasteiger partial charge in [0.2, 0.25) is 0 Å². The zero-order valence-electron chi connectivity index (χ0n) is 12.4. The molecule has 0 amide bonds. The second-order valence-corrected chi connectivity index (χ2v) is 6.73. The zero-order chi connectivity index (χ0) is 15.8. The lowest BCUT2D eigenvalue weighted by molar-refractivity contribution is 0.0650. The van der Waals surface area contributed by atoms with Crippen LogP contribution in [-0.4, -0.2) is 41.8 Å². The van der Waals surface area contributed by atoms with Crippen LogP contribution in [0.25, 0.3) is 10.6 Å². The molecule has 7 nitrogen and oxygen atoms in total. The van der Waals surface area contributed by atoms with Gasteiger partial charge in [-0.15, -0.1) is 16.4 Å². The summed E-state index contributed by atoms with van der Waals surface area (Å²) in [6, 6.07) is 0. The highest BCUT2D eigenvalue weighted by molar-refractivity contribution is 7.15. The number of carbonyl (C=O) groups is 1. The molecule has 114 valence electrons. The van der Waals surface area contributed by atoms with E-state index in [2.05, 4.69) is 15.3 Å². The van der Waals surface area contributed by atoms with Gasteiger partial charge in [0.15, 0.2) is 5.69 Å². The van der Waals surface area contributed by atoms with Crippen LogP contribution in [0.4, 0.5) is 0 Å². The van der Waals surface area contributed by atoms with E-state index in [4.69, 9.17) is 0 Å². The average Bonchev–Trinajstić information content (AvgIpc) is 2.88. The third-order valence-corrected chi connectivity index (χ3v) is 4.07. The highest BCUT2D eigenvalue weighted by Gasteiger charge is 2.25. The Bertz CT molecular complexity index is 669. The molecule has 0 aromatic carbocycles. The lowest BCUT2D eigenvalue weighted by Crippen LogP contribution is -2.21. The number of carboxylic acid groups (broad SMARTS) is 1. The zero-order valence-corrected chi connectivity index (χ0v) is 13.2. The second kappa shape index (κ2) is 5.53. The van der Waals surface area contributed by atoms with Crippen LogP contribution >= 0.6 is 11.3 Å². The molecule has 0 fully saturated rings. The van der Waals surface area contributed by atoms with E-state index in [1.807, 2.05) is 13.8 Å². The largest absolute Gasteiger partial charge is 0.476 e. The van der Waals surface area contributed by atoms with Crippen LogP contribution in [0.1, 0.15) is 41.5 Å². The Hall–Kier alpha value is -1.80. The first-order chi connectivity index (χ1) is 9.69. The average molecular weight is 310 g/mol. The third-order valence-electron chi connectivity index (χ3n) is 2.99. The van der Waals surface area contributed by atoms with Crippen molar-refractivity contribution in [3.63, 3.8) is 0 Å². The molecule has 8 heteroatoms. The second-order valence-electron chi connectivity index (χ2n) is 5.52.